The van der Waals surface area contributed by atoms with Gasteiger partial charge in [0, 0.05) is 47.2 Å². The molecule has 29 heavy (non-hydrogen) atoms. The Morgan fingerprint density at radius 3 is 2.90 bits per heavy atom. The zero-order valence-corrected chi connectivity index (χ0v) is 17.8. The van der Waals surface area contributed by atoms with E-state index >= 15 is 0 Å². The van der Waals surface area contributed by atoms with Crippen LogP contribution in [-0.4, -0.2) is 44.8 Å². The number of nitrogens with zero attached hydrogens (tertiary/aromatic N) is 3. The van der Waals surface area contributed by atoms with E-state index in [9.17, 15) is 4.79 Å². The Balaban J connectivity index is 1.23. The molecule has 2 aromatic heterocycles. The second-order valence-electron chi connectivity index (χ2n) is 8.27. The third-order valence-corrected chi connectivity index (χ3v) is 7.58. The van der Waals surface area contributed by atoms with E-state index in [1.807, 2.05) is 11.5 Å². The normalized spacial score (nSPS) is 18.2. The van der Waals surface area contributed by atoms with Crippen molar-refractivity contribution < 1.29 is 0 Å². The lowest BCUT2D eigenvalue weighted by molar-refractivity contribution is 0.214. The first-order chi connectivity index (χ1) is 14.2. The van der Waals surface area contributed by atoms with Gasteiger partial charge >= 0.3 is 0 Å². The molecule has 0 atom stereocenters. The van der Waals surface area contributed by atoms with Crippen molar-refractivity contribution in [3.05, 3.63) is 57.6 Å². The molecule has 1 fully saturated rings. The average Bonchev–Trinajstić information content (AvgIpc) is 3.18. The summed E-state index contributed by atoms with van der Waals surface area (Å²) in [7, 11) is 0. The molecular formula is C23H28N4OS. The number of aromatic amines is 1. The van der Waals surface area contributed by atoms with E-state index in [-0.39, 0.29) is 5.56 Å². The van der Waals surface area contributed by atoms with Gasteiger partial charge in [0.05, 0.1) is 0 Å². The lowest BCUT2D eigenvalue weighted by atomic mass is 9.89. The highest BCUT2D eigenvalue weighted by Crippen LogP contribution is 2.33. The predicted octanol–water partition coefficient (Wildman–Crippen LogP) is 3.95. The summed E-state index contributed by atoms with van der Waals surface area (Å²) in [6.07, 6.45) is 6.42. The van der Waals surface area contributed by atoms with Crippen LogP contribution in [0.4, 0.5) is 0 Å². The van der Waals surface area contributed by atoms with Crippen LogP contribution in [0.25, 0.3) is 10.9 Å². The average molecular weight is 409 g/mol. The molecule has 0 bridgehead atoms. The number of rotatable bonds is 4. The van der Waals surface area contributed by atoms with E-state index in [0.717, 1.165) is 61.2 Å². The van der Waals surface area contributed by atoms with Crippen LogP contribution in [0, 0.1) is 6.92 Å². The highest BCUT2D eigenvalue weighted by Gasteiger charge is 2.23. The van der Waals surface area contributed by atoms with Crippen LogP contribution < -0.4 is 5.56 Å². The molecule has 6 heteroatoms. The number of hydrogen-bond donors (Lipinski definition) is 1. The number of aryl methyl sites for hydroxylation is 1. The van der Waals surface area contributed by atoms with Crippen molar-refractivity contribution in [2.24, 2.45) is 0 Å². The van der Waals surface area contributed by atoms with Gasteiger partial charge in [-0.3, -0.25) is 9.36 Å². The number of likely N-dealkylation sites (tertiary alicyclic amines) is 1. The molecule has 1 N–H and O–H groups in total. The first-order valence-electron chi connectivity index (χ1n) is 10.7. The Morgan fingerprint density at radius 2 is 2.03 bits per heavy atom. The van der Waals surface area contributed by atoms with Gasteiger partial charge in [-0.25, -0.2) is 4.98 Å². The summed E-state index contributed by atoms with van der Waals surface area (Å²) >= 11 is 1.71. The van der Waals surface area contributed by atoms with E-state index in [1.54, 1.807) is 11.8 Å². The first-order valence-corrected chi connectivity index (χ1v) is 11.7. The topological polar surface area (TPSA) is 53.9 Å². The third kappa shape index (κ3) is 3.64. The zero-order chi connectivity index (χ0) is 19.8. The SMILES string of the molecule is Cc1nc2n(c(=O)c1CCN1CCC(c3c[nH]c4ccccc34)CC1)CCCS2. The van der Waals surface area contributed by atoms with Crippen molar-refractivity contribution in [2.75, 3.05) is 25.4 Å². The molecule has 1 aromatic carbocycles. The van der Waals surface area contributed by atoms with Crippen LogP contribution in [-0.2, 0) is 13.0 Å². The molecule has 2 aliphatic heterocycles. The molecular weight excluding hydrogens is 380 g/mol. The van der Waals surface area contributed by atoms with Gasteiger partial charge in [0.25, 0.3) is 5.56 Å². The van der Waals surface area contributed by atoms with Gasteiger partial charge in [0.1, 0.15) is 0 Å². The molecule has 0 aliphatic carbocycles. The molecule has 0 unspecified atom stereocenters. The first kappa shape index (κ1) is 18.9. The summed E-state index contributed by atoms with van der Waals surface area (Å²) in [5.41, 5.74) is 4.72. The van der Waals surface area contributed by atoms with Crippen molar-refractivity contribution in [1.29, 1.82) is 0 Å². The van der Waals surface area contributed by atoms with E-state index in [4.69, 9.17) is 4.98 Å². The number of nitrogens with one attached hydrogen (secondary N) is 1. The fourth-order valence-corrected chi connectivity index (χ4v) is 5.81. The minimum atomic E-state index is 0.188. The minimum absolute atomic E-state index is 0.188. The molecule has 0 amide bonds. The third-order valence-electron chi connectivity index (χ3n) is 6.52. The fraction of sp³-hybridized carbons (Fsp3) is 0.478. The van der Waals surface area contributed by atoms with Gasteiger partial charge in [0.2, 0.25) is 0 Å². The second-order valence-corrected chi connectivity index (χ2v) is 9.33. The lowest BCUT2D eigenvalue weighted by Crippen LogP contribution is -2.36. The molecule has 0 saturated carbocycles. The highest BCUT2D eigenvalue weighted by atomic mass is 32.2. The standard InChI is InChI=1S/C23H28N4OS/c1-16-18(22(28)27-10-4-14-29-23(27)25-16)9-13-26-11-7-17(8-12-26)20-15-24-21-6-3-2-5-19(20)21/h2-3,5-6,15,17,24H,4,7-14H2,1H3. The Hall–Kier alpha value is -2.05. The maximum atomic E-state index is 12.9. The van der Waals surface area contributed by atoms with Gasteiger partial charge in [-0.2, -0.15) is 0 Å². The number of aromatic nitrogens is 3. The number of para-hydroxylation sites is 1. The summed E-state index contributed by atoms with van der Waals surface area (Å²) in [6.45, 7) is 5.95. The van der Waals surface area contributed by atoms with Crippen LogP contribution in [0.15, 0.2) is 40.4 Å². The molecule has 4 heterocycles. The van der Waals surface area contributed by atoms with Crippen molar-refractivity contribution in [1.82, 2.24) is 19.4 Å². The Morgan fingerprint density at radius 1 is 1.21 bits per heavy atom. The quantitative estimate of drug-likeness (QED) is 0.664. The Bertz CT molecular complexity index is 1080. The van der Waals surface area contributed by atoms with E-state index < -0.39 is 0 Å². The molecule has 1 saturated heterocycles. The predicted molar refractivity (Wildman–Crippen MR) is 119 cm³/mol. The second kappa shape index (κ2) is 8.00. The van der Waals surface area contributed by atoms with Gasteiger partial charge in [-0.05, 0) is 63.2 Å². The lowest BCUT2D eigenvalue weighted by Gasteiger charge is -2.32. The Kier molecular flexibility index (Phi) is 5.22. The van der Waals surface area contributed by atoms with Crippen molar-refractivity contribution in [3.63, 3.8) is 0 Å². The van der Waals surface area contributed by atoms with Gasteiger partial charge in [-0.1, -0.05) is 30.0 Å². The zero-order valence-electron chi connectivity index (χ0n) is 17.0. The number of fused-ring (bicyclic) bond motifs is 2. The number of piperidine rings is 1. The minimum Gasteiger partial charge on any atom is -0.361 e. The summed E-state index contributed by atoms with van der Waals surface area (Å²) in [5.74, 6) is 1.69. The molecule has 152 valence electrons. The van der Waals surface area contributed by atoms with E-state index in [2.05, 4.69) is 40.3 Å². The van der Waals surface area contributed by atoms with Crippen LogP contribution in [0.3, 0.4) is 0 Å². The molecule has 3 aromatic rings. The number of hydrogen-bond acceptors (Lipinski definition) is 4. The number of H-pyrrole nitrogens is 1. The number of thioether (sulfide) groups is 1. The molecule has 2 aliphatic rings. The van der Waals surface area contributed by atoms with Gasteiger partial charge in [0.15, 0.2) is 5.16 Å². The molecule has 0 spiro atoms. The smallest absolute Gasteiger partial charge is 0.257 e. The highest BCUT2D eigenvalue weighted by molar-refractivity contribution is 7.99. The van der Waals surface area contributed by atoms with Crippen LogP contribution in [0.1, 0.15) is 42.0 Å². The summed E-state index contributed by atoms with van der Waals surface area (Å²) in [5, 5.41) is 2.27. The van der Waals surface area contributed by atoms with Crippen LogP contribution in [0.5, 0.6) is 0 Å². The van der Waals surface area contributed by atoms with Gasteiger partial charge < -0.3 is 9.88 Å². The Labute approximate surface area is 175 Å². The van der Waals surface area contributed by atoms with Crippen molar-refractivity contribution in [3.8, 4) is 0 Å². The van der Waals surface area contributed by atoms with Crippen LogP contribution in [0.2, 0.25) is 0 Å². The molecule has 5 rings (SSSR count). The largest absolute Gasteiger partial charge is 0.361 e. The maximum Gasteiger partial charge on any atom is 0.257 e. The summed E-state index contributed by atoms with van der Waals surface area (Å²) in [6, 6.07) is 8.59. The van der Waals surface area contributed by atoms with Crippen molar-refractivity contribution in [2.45, 2.75) is 50.2 Å². The summed E-state index contributed by atoms with van der Waals surface area (Å²) < 4.78 is 1.89. The van der Waals surface area contributed by atoms with Crippen molar-refractivity contribution >= 4 is 22.7 Å². The fourth-order valence-electron chi connectivity index (χ4n) is 4.83. The van der Waals surface area contributed by atoms with E-state index in [1.165, 1.54) is 29.3 Å². The maximum absolute atomic E-state index is 12.9. The summed E-state index contributed by atoms with van der Waals surface area (Å²) in [4.78, 5) is 23.6. The van der Waals surface area contributed by atoms with E-state index in [0.29, 0.717) is 5.92 Å². The van der Waals surface area contributed by atoms with Crippen LogP contribution >= 0.6 is 11.8 Å². The number of benzene rings is 1. The van der Waals surface area contributed by atoms with Gasteiger partial charge in [-0.15, -0.1) is 0 Å². The monoisotopic (exact) mass is 408 g/mol. The molecule has 0 radical (unpaired) electrons. The molecule has 5 nitrogen and oxygen atoms in total.